The van der Waals surface area contributed by atoms with Crippen molar-refractivity contribution in [2.45, 2.75) is 12.5 Å². The Labute approximate surface area is 98.0 Å². The highest BCUT2D eigenvalue weighted by Gasteiger charge is 2.11. The van der Waals surface area contributed by atoms with Gasteiger partial charge < -0.3 is 11.5 Å². The van der Waals surface area contributed by atoms with E-state index in [0.717, 1.165) is 0 Å². The molecule has 0 amide bonds. The van der Waals surface area contributed by atoms with E-state index >= 15 is 0 Å². The van der Waals surface area contributed by atoms with Crippen LogP contribution in [0.5, 0.6) is 0 Å². The van der Waals surface area contributed by atoms with Gasteiger partial charge in [-0.2, -0.15) is 9.98 Å². The Kier molecular flexibility index (Phi) is 4.94. The first kappa shape index (κ1) is 13.0. The smallest absolute Gasteiger partial charge is 0.240 e. The number of carbonyl (C=O) groups excluding carboxylic acids is 2. The van der Waals surface area contributed by atoms with Crippen LogP contribution in [0.3, 0.4) is 0 Å². The van der Waals surface area contributed by atoms with Gasteiger partial charge in [0.05, 0.1) is 11.4 Å². The van der Waals surface area contributed by atoms with Crippen molar-refractivity contribution in [1.82, 2.24) is 0 Å². The third-order valence-electron chi connectivity index (χ3n) is 2.23. The van der Waals surface area contributed by atoms with Gasteiger partial charge in [0.1, 0.15) is 0 Å². The van der Waals surface area contributed by atoms with Crippen LogP contribution in [0.15, 0.2) is 28.2 Å². The minimum atomic E-state index is -0.367. The van der Waals surface area contributed by atoms with E-state index < -0.39 is 0 Å². The van der Waals surface area contributed by atoms with Crippen molar-refractivity contribution in [2.24, 2.45) is 21.5 Å². The summed E-state index contributed by atoms with van der Waals surface area (Å²) in [4.78, 5) is 27.5. The normalized spacial score (nSPS) is 11.2. The molecule has 0 aromatic heterocycles. The summed E-state index contributed by atoms with van der Waals surface area (Å²) in [6, 6.07) is 4.31. The summed E-state index contributed by atoms with van der Waals surface area (Å²) in [7, 11) is 0. The lowest BCUT2D eigenvalue weighted by Crippen LogP contribution is -2.15. The van der Waals surface area contributed by atoms with Crippen LogP contribution in [0.2, 0.25) is 0 Å². The van der Waals surface area contributed by atoms with Gasteiger partial charge in [-0.3, -0.25) is 0 Å². The maximum absolute atomic E-state index is 10.3. The zero-order chi connectivity index (χ0) is 12.7. The lowest BCUT2D eigenvalue weighted by atomic mass is 10.0. The molecule has 0 radical (unpaired) electrons. The van der Waals surface area contributed by atoms with Crippen molar-refractivity contribution < 1.29 is 9.59 Å². The van der Waals surface area contributed by atoms with Gasteiger partial charge in [-0.15, -0.1) is 0 Å². The summed E-state index contributed by atoms with van der Waals surface area (Å²) in [6.45, 7) is 0.409. The molecule has 1 aromatic rings. The molecule has 0 bridgehead atoms. The standard InChI is InChI=1S/C11H12N4O2/c12-4-3-10(13)9-5-8(14-6-16)1-2-11(9)15-7-17/h1-2,5,10H,3-4,12-13H2. The predicted octanol–water partition coefficient (Wildman–Crippen LogP) is 0.970. The predicted molar refractivity (Wildman–Crippen MR) is 62.6 cm³/mol. The van der Waals surface area contributed by atoms with Crippen molar-refractivity contribution in [2.75, 3.05) is 6.54 Å². The summed E-state index contributed by atoms with van der Waals surface area (Å²) >= 11 is 0. The van der Waals surface area contributed by atoms with Gasteiger partial charge in [-0.05, 0) is 36.7 Å². The topological polar surface area (TPSA) is 111 Å². The Morgan fingerprint density at radius 1 is 1.24 bits per heavy atom. The molecule has 0 spiro atoms. The summed E-state index contributed by atoms with van der Waals surface area (Å²) in [6.07, 6.45) is 3.43. The molecule has 6 heteroatoms. The molecule has 1 rings (SSSR count). The highest BCUT2D eigenvalue weighted by molar-refractivity contribution is 5.61. The minimum Gasteiger partial charge on any atom is -0.330 e. The zero-order valence-electron chi connectivity index (χ0n) is 9.09. The van der Waals surface area contributed by atoms with Gasteiger partial charge in [0, 0.05) is 6.04 Å². The van der Waals surface area contributed by atoms with Crippen molar-refractivity contribution in [3.8, 4) is 0 Å². The second-order valence-corrected chi connectivity index (χ2v) is 3.33. The van der Waals surface area contributed by atoms with Crippen LogP contribution in [0.4, 0.5) is 11.4 Å². The average Bonchev–Trinajstić information content (AvgIpc) is 2.32. The molecule has 0 aliphatic rings. The molecule has 0 aliphatic heterocycles. The first-order valence-electron chi connectivity index (χ1n) is 4.98. The van der Waals surface area contributed by atoms with Crippen LogP contribution in [0.25, 0.3) is 0 Å². The Morgan fingerprint density at radius 2 is 1.94 bits per heavy atom. The Morgan fingerprint density at radius 3 is 2.53 bits per heavy atom. The summed E-state index contributed by atoms with van der Waals surface area (Å²) in [5.74, 6) is 0. The summed E-state index contributed by atoms with van der Waals surface area (Å²) in [5, 5.41) is 0. The van der Waals surface area contributed by atoms with Crippen LogP contribution in [-0.4, -0.2) is 18.7 Å². The molecule has 4 N–H and O–H groups in total. The number of rotatable bonds is 5. The maximum atomic E-state index is 10.3. The fraction of sp³-hybridized carbons (Fsp3) is 0.273. The minimum absolute atomic E-state index is 0.367. The monoisotopic (exact) mass is 232 g/mol. The molecule has 0 saturated carbocycles. The molecule has 0 saturated heterocycles. The molecular formula is C11H12N4O2. The number of aliphatic imine (C=N–C) groups is 2. The van der Waals surface area contributed by atoms with Crippen molar-refractivity contribution in [1.29, 1.82) is 0 Å². The van der Waals surface area contributed by atoms with Gasteiger partial charge in [0.2, 0.25) is 12.2 Å². The first-order chi connectivity index (χ1) is 8.22. The maximum Gasteiger partial charge on any atom is 0.240 e. The second kappa shape index (κ2) is 6.48. The number of nitrogens with two attached hydrogens (primary N) is 2. The van der Waals surface area contributed by atoms with Crippen LogP contribution >= 0.6 is 0 Å². The van der Waals surface area contributed by atoms with Crippen LogP contribution in [0.1, 0.15) is 18.0 Å². The molecule has 0 heterocycles. The quantitative estimate of drug-likeness (QED) is 0.581. The molecule has 1 unspecified atom stereocenters. The molecule has 88 valence electrons. The molecular weight excluding hydrogens is 220 g/mol. The third kappa shape index (κ3) is 3.45. The van der Waals surface area contributed by atoms with E-state index in [1.807, 2.05) is 0 Å². The SMILES string of the molecule is NCCC(N)c1cc(N=C=O)ccc1N=C=O. The van der Waals surface area contributed by atoms with E-state index in [0.29, 0.717) is 29.9 Å². The molecule has 0 fully saturated rings. The highest BCUT2D eigenvalue weighted by atomic mass is 16.1. The molecule has 1 atom stereocenters. The van der Waals surface area contributed by atoms with E-state index in [1.165, 1.54) is 12.2 Å². The first-order valence-corrected chi connectivity index (χ1v) is 4.98. The third-order valence-corrected chi connectivity index (χ3v) is 2.23. The van der Waals surface area contributed by atoms with Gasteiger partial charge >= 0.3 is 0 Å². The Hall–Kier alpha value is -2.10. The summed E-state index contributed by atoms with van der Waals surface area (Å²) in [5.41, 5.74) is 12.7. The van der Waals surface area contributed by atoms with E-state index in [1.54, 1.807) is 18.2 Å². The molecule has 6 nitrogen and oxygen atoms in total. The average molecular weight is 232 g/mol. The number of nitrogens with zero attached hydrogens (tertiary/aromatic N) is 2. The van der Waals surface area contributed by atoms with Gasteiger partial charge in [0.15, 0.2) is 0 Å². The van der Waals surface area contributed by atoms with Crippen molar-refractivity contribution >= 4 is 23.5 Å². The van der Waals surface area contributed by atoms with Crippen LogP contribution in [0, 0.1) is 0 Å². The van der Waals surface area contributed by atoms with E-state index in [4.69, 9.17) is 11.5 Å². The van der Waals surface area contributed by atoms with Crippen molar-refractivity contribution in [3.05, 3.63) is 23.8 Å². The lowest BCUT2D eigenvalue weighted by Gasteiger charge is -2.12. The lowest BCUT2D eigenvalue weighted by molar-refractivity contribution is 0.564. The molecule has 1 aromatic carbocycles. The van der Waals surface area contributed by atoms with Gasteiger partial charge in [0.25, 0.3) is 0 Å². The fourth-order valence-electron chi connectivity index (χ4n) is 1.45. The largest absolute Gasteiger partial charge is 0.330 e. The fourth-order valence-corrected chi connectivity index (χ4v) is 1.45. The van der Waals surface area contributed by atoms with Crippen molar-refractivity contribution in [3.63, 3.8) is 0 Å². The van der Waals surface area contributed by atoms with E-state index in [9.17, 15) is 9.59 Å². The van der Waals surface area contributed by atoms with Gasteiger partial charge in [-0.25, -0.2) is 9.59 Å². The number of hydrogen-bond donors (Lipinski definition) is 2. The van der Waals surface area contributed by atoms with E-state index in [2.05, 4.69) is 9.98 Å². The Balaban J connectivity index is 3.23. The highest BCUT2D eigenvalue weighted by Crippen LogP contribution is 2.29. The zero-order valence-corrected chi connectivity index (χ0v) is 9.09. The van der Waals surface area contributed by atoms with Crippen LogP contribution < -0.4 is 11.5 Å². The van der Waals surface area contributed by atoms with Gasteiger partial charge in [-0.1, -0.05) is 0 Å². The Bertz CT molecular complexity index is 488. The molecule has 0 aliphatic carbocycles. The number of hydrogen-bond acceptors (Lipinski definition) is 6. The number of benzene rings is 1. The number of isocyanates is 2. The summed E-state index contributed by atoms with van der Waals surface area (Å²) < 4.78 is 0. The second-order valence-electron chi connectivity index (χ2n) is 3.33. The van der Waals surface area contributed by atoms with Crippen LogP contribution in [-0.2, 0) is 9.59 Å². The van der Waals surface area contributed by atoms with E-state index in [-0.39, 0.29) is 6.04 Å². The molecule has 17 heavy (non-hydrogen) atoms.